The number of fused-ring (bicyclic) bond motifs is 1. The van der Waals surface area contributed by atoms with Crippen molar-refractivity contribution in [2.75, 3.05) is 6.61 Å². The van der Waals surface area contributed by atoms with Gasteiger partial charge in [-0.25, -0.2) is 0 Å². The fourth-order valence-electron chi connectivity index (χ4n) is 1.76. The van der Waals surface area contributed by atoms with Crippen molar-refractivity contribution in [1.82, 2.24) is 19.8 Å². The summed E-state index contributed by atoms with van der Waals surface area (Å²) in [6.45, 7) is 4.59. The van der Waals surface area contributed by atoms with E-state index < -0.39 is 0 Å². The van der Waals surface area contributed by atoms with Crippen molar-refractivity contribution in [1.29, 1.82) is 0 Å². The molecule has 0 fully saturated rings. The van der Waals surface area contributed by atoms with Crippen molar-refractivity contribution in [2.24, 2.45) is 0 Å². The first-order valence-electron chi connectivity index (χ1n) is 5.70. The van der Waals surface area contributed by atoms with Crippen LogP contribution in [0.1, 0.15) is 11.9 Å². The summed E-state index contributed by atoms with van der Waals surface area (Å²) in [5.41, 5.74) is 0.983. The molecule has 3 rings (SSSR count). The first-order chi connectivity index (χ1) is 8.78. The van der Waals surface area contributed by atoms with Crippen LogP contribution in [0.25, 0.3) is 16.3 Å². The van der Waals surface area contributed by atoms with Gasteiger partial charge in [0.1, 0.15) is 10.8 Å². The summed E-state index contributed by atoms with van der Waals surface area (Å²) < 4.78 is 7.19. The molecule has 0 N–H and O–H groups in total. The van der Waals surface area contributed by atoms with Gasteiger partial charge in [0.15, 0.2) is 5.82 Å². The molecule has 0 saturated carbocycles. The van der Waals surface area contributed by atoms with E-state index in [-0.39, 0.29) is 0 Å². The highest BCUT2D eigenvalue weighted by molar-refractivity contribution is 7.16. The Balaban J connectivity index is 2.02. The predicted molar refractivity (Wildman–Crippen MR) is 70.0 cm³/mol. The summed E-state index contributed by atoms with van der Waals surface area (Å²) in [5, 5.41) is 13.6. The Hall–Kier alpha value is -1.95. The Morgan fingerprint density at radius 1 is 1.22 bits per heavy atom. The lowest BCUT2D eigenvalue weighted by atomic mass is 10.2. The summed E-state index contributed by atoms with van der Waals surface area (Å²) in [4.78, 5) is 0.816. The van der Waals surface area contributed by atoms with Gasteiger partial charge >= 0.3 is 0 Å². The van der Waals surface area contributed by atoms with Crippen molar-refractivity contribution in [2.45, 2.75) is 13.8 Å². The first kappa shape index (κ1) is 11.2. The Bertz CT molecular complexity index is 671. The standard InChI is InChI=1S/C12H12N4OS/c1-3-17-10-6-4-9(5-7-10)11-13-14-12-16(11)15-8(2)18-12/h4-7H,3H2,1-2H3. The third kappa shape index (κ3) is 1.84. The van der Waals surface area contributed by atoms with E-state index in [0.29, 0.717) is 6.61 Å². The number of rotatable bonds is 3. The fourth-order valence-corrected chi connectivity index (χ4v) is 2.44. The van der Waals surface area contributed by atoms with Gasteiger partial charge in [-0.05, 0) is 38.1 Å². The summed E-state index contributed by atoms with van der Waals surface area (Å²) in [6, 6.07) is 7.80. The summed E-state index contributed by atoms with van der Waals surface area (Å²) >= 11 is 1.53. The SMILES string of the molecule is CCOc1ccc(-c2nnc3sc(C)nn23)cc1. The molecule has 0 radical (unpaired) electrons. The van der Waals surface area contributed by atoms with Gasteiger partial charge in [0.05, 0.1) is 6.61 Å². The summed E-state index contributed by atoms with van der Waals surface area (Å²) in [5.74, 6) is 1.62. The van der Waals surface area contributed by atoms with Crippen molar-refractivity contribution >= 4 is 16.3 Å². The molecule has 0 aliphatic rings. The monoisotopic (exact) mass is 260 g/mol. The van der Waals surface area contributed by atoms with E-state index in [1.165, 1.54) is 11.3 Å². The minimum Gasteiger partial charge on any atom is -0.494 e. The lowest BCUT2D eigenvalue weighted by Crippen LogP contribution is -1.93. The van der Waals surface area contributed by atoms with Crippen LogP contribution in [-0.4, -0.2) is 26.4 Å². The lowest BCUT2D eigenvalue weighted by molar-refractivity contribution is 0.340. The van der Waals surface area contributed by atoms with Crippen LogP contribution < -0.4 is 4.74 Å². The number of nitrogens with zero attached hydrogens (tertiary/aromatic N) is 4. The molecular weight excluding hydrogens is 248 g/mol. The molecule has 18 heavy (non-hydrogen) atoms. The third-order valence-electron chi connectivity index (χ3n) is 2.52. The number of benzene rings is 1. The minimum atomic E-state index is 0.666. The summed E-state index contributed by atoms with van der Waals surface area (Å²) in [7, 11) is 0. The number of hydrogen-bond acceptors (Lipinski definition) is 5. The van der Waals surface area contributed by atoms with Crippen LogP contribution in [-0.2, 0) is 0 Å². The van der Waals surface area contributed by atoms with E-state index in [1.54, 1.807) is 4.52 Å². The molecule has 2 aromatic heterocycles. The maximum absolute atomic E-state index is 5.41. The molecule has 0 unspecified atom stereocenters. The second kappa shape index (κ2) is 4.38. The van der Waals surface area contributed by atoms with Crippen LogP contribution in [0.5, 0.6) is 5.75 Å². The Morgan fingerprint density at radius 2 is 2.00 bits per heavy atom. The Labute approximate surface area is 108 Å². The average molecular weight is 260 g/mol. The second-order valence-electron chi connectivity index (χ2n) is 3.80. The van der Waals surface area contributed by atoms with Crippen molar-refractivity contribution < 1.29 is 4.74 Å². The van der Waals surface area contributed by atoms with E-state index in [2.05, 4.69) is 15.3 Å². The van der Waals surface area contributed by atoms with E-state index in [9.17, 15) is 0 Å². The lowest BCUT2D eigenvalue weighted by Gasteiger charge is -2.03. The topological polar surface area (TPSA) is 52.3 Å². The number of ether oxygens (including phenoxy) is 1. The van der Waals surface area contributed by atoms with E-state index in [4.69, 9.17) is 4.74 Å². The molecule has 0 atom stereocenters. The Kier molecular flexibility index (Phi) is 2.71. The molecule has 92 valence electrons. The minimum absolute atomic E-state index is 0.666. The third-order valence-corrected chi connectivity index (χ3v) is 3.33. The molecule has 1 aromatic carbocycles. The summed E-state index contributed by atoms with van der Waals surface area (Å²) in [6.07, 6.45) is 0. The molecule has 0 amide bonds. The quantitative estimate of drug-likeness (QED) is 0.726. The van der Waals surface area contributed by atoms with Crippen LogP contribution in [0.3, 0.4) is 0 Å². The molecule has 0 bridgehead atoms. The van der Waals surface area contributed by atoms with Gasteiger partial charge < -0.3 is 4.74 Å². The van der Waals surface area contributed by atoms with Crippen molar-refractivity contribution in [3.05, 3.63) is 29.3 Å². The van der Waals surface area contributed by atoms with Gasteiger partial charge in [-0.3, -0.25) is 0 Å². The molecule has 2 heterocycles. The van der Waals surface area contributed by atoms with Crippen LogP contribution in [0.15, 0.2) is 24.3 Å². The molecule has 3 aromatic rings. The van der Waals surface area contributed by atoms with Gasteiger partial charge in [-0.1, -0.05) is 11.3 Å². The molecule has 0 aliphatic heterocycles. The smallest absolute Gasteiger partial charge is 0.234 e. The van der Waals surface area contributed by atoms with Gasteiger partial charge in [-0.2, -0.15) is 9.61 Å². The molecule has 6 heteroatoms. The van der Waals surface area contributed by atoms with Crippen LogP contribution in [0, 0.1) is 6.92 Å². The highest BCUT2D eigenvalue weighted by Gasteiger charge is 2.11. The largest absolute Gasteiger partial charge is 0.494 e. The van der Waals surface area contributed by atoms with Crippen molar-refractivity contribution in [3.63, 3.8) is 0 Å². The second-order valence-corrected chi connectivity index (χ2v) is 4.96. The first-order valence-corrected chi connectivity index (χ1v) is 6.51. The van der Waals surface area contributed by atoms with Gasteiger partial charge in [0, 0.05) is 5.56 Å². The molecule has 0 saturated heterocycles. The highest BCUT2D eigenvalue weighted by Crippen LogP contribution is 2.23. The van der Waals surface area contributed by atoms with Crippen LogP contribution in [0.4, 0.5) is 0 Å². The van der Waals surface area contributed by atoms with Gasteiger partial charge in [-0.15, -0.1) is 10.2 Å². The number of hydrogen-bond donors (Lipinski definition) is 0. The maximum Gasteiger partial charge on any atom is 0.234 e. The molecule has 5 nitrogen and oxygen atoms in total. The van der Waals surface area contributed by atoms with Crippen molar-refractivity contribution in [3.8, 4) is 17.1 Å². The van der Waals surface area contributed by atoms with Crippen LogP contribution in [0.2, 0.25) is 0 Å². The van der Waals surface area contributed by atoms with E-state index in [0.717, 1.165) is 27.1 Å². The van der Waals surface area contributed by atoms with Gasteiger partial charge in [0.25, 0.3) is 0 Å². The predicted octanol–water partition coefficient (Wildman–Crippen LogP) is 2.56. The zero-order valence-electron chi connectivity index (χ0n) is 10.1. The van der Waals surface area contributed by atoms with Gasteiger partial charge in [0.2, 0.25) is 4.96 Å². The molecule has 0 spiro atoms. The number of aromatic nitrogens is 4. The normalized spacial score (nSPS) is 11.0. The fraction of sp³-hybridized carbons (Fsp3) is 0.250. The Morgan fingerprint density at radius 3 is 2.72 bits per heavy atom. The zero-order valence-corrected chi connectivity index (χ0v) is 10.9. The average Bonchev–Trinajstić information content (AvgIpc) is 2.89. The maximum atomic E-state index is 5.41. The number of aryl methyl sites for hydroxylation is 1. The molecular formula is C12H12N4OS. The molecule has 0 aliphatic carbocycles. The van der Waals surface area contributed by atoms with Crippen LogP contribution >= 0.6 is 11.3 Å². The van der Waals surface area contributed by atoms with E-state index >= 15 is 0 Å². The van der Waals surface area contributed by atoms with E-state index in [1.807, 2.05) is 38.1 Å². The zero-order chi connectivity index (χ0) is 12.5. The highest BCUT2D eigenvalue weighted by atomic mass is 32.1.